The molecule has 3 aromatic rings. The van der Waals surface area contributed by atoms with E-state index < -0.39 is 0 Å². The van der Waals surface area contributed by atoms with Crippen LogP contribution in [0.4, 0.5) is 0 Å². The predicted molar refractivity (Wildman–Crippen MR) is 81.6 cm³/mol. The first-order chi connectivity index (χ1) is 9.22. The van der Waals surface area contributed by atoms with Crippen LogP contribution >= 0.6 is 11.8 Å². The van der Waals surface area contributed by atoms with E-state index in [1.807, 2.05) is 18.2 Å². The fourth-order valence-electron chi connectivity index (χ4n) is 2.04. The Kier molecular flexibility index (Phi) is 3.30. The van der Waals surface area contributed by atoms with Gasteiger partial charge in [-0.1, -0.05) is 42.1 Å². The van der Waals surface area contributed by atoms with Crippen molar-refractivity contribution in [3.63, 3.8) is 0 Å². The number of nitrogens with one attached hydrogen (secondary N) is 1. The quantitative estimate of drug-likeness (QED) is 0.710. The topological polar surface area (TPSA) is 28.7 Å². The van der Waals surface area contributed by atoms with E-state index in [-0.39, 0.29) is 0 Å². The van der Waals surface area contributed by atoms with Gasteiger partial charge in [0.25, 0.3) is 0 Å². The SMILES string of the molecule is Cc1ccc(CSc2nc3ccccc3[nH]2)cc1C. The molecule has 0 aliphatic rings. The molecule has 3 heteroatoms. The second-order valence-electron chi connectivity index (χ2n) is 4.77. The van der Waals surface area contributed by atoms with Crippen LogP contribution < -0.4 is 0 Å². The molecular weight excluding hydrogens is 252 g/mol. The van der Waals surface area contributed by atoms with Gasteiger partial charge in [-0.05, 0) is 42.7 Å². The van der Waals surface area contributed by atoms with E-state index >= 15 is 0 Å². The molecule has 0 saturated heterocycles. The molecule has 0 spiro atoms. The Morgan fingerprint density at radius 1 is 1.05 bits per heavy atom. The van der Waals surface area contributed by atoms with Crippen molar-refractivity contribution in [2.24, 2.45) is 0 Å². The molecule has 1 aromatic heterocycles. The Labute approximate surface area is 117 Å². The maximum absolute atomic E-state index is 4.58. The minimum atomic E-state index is 0.945. The average molecular weight is 268 g/mol. The molecule has 0 saturated carbocycles. The van der Waals surface area contributed by atoms with Crippen molar-refractivity contribution in [3.05, 3.63) is 59.2 Å². The van der Waals surface area contributed by atoms with Crippen molar-refractivity contribution in [2.45, 2.75) is 24.8 Å². The molecule has 96 valence electrons. The van der Waals surface area contributed by atoms with Crippen LogP contribution in [0.25, 0.3) is 11.0 Å². The Hall–Kier alpha value is -1.74. The molecule has 19 heavy (non-hydrogen) atoms. The zero-order valence-corrected chi connectivity index (χ0v) is 11.9. The lowest BCUT2D eigenvalue weighted by Gasteiger charge is -2.03. The molecule has 3 rings (SSSR count). The van der Waals surface area contributed by atoms with E-state index in [1.54, 1.807) is 11.8 Å². The van der Waals surface area contributed by atoms with Crippen molar-refractivity contribution < 1.29 is 0 Å². The van der Waals surface area contributed by atoms with Gasteiger partial charge < -0.3 is 4.98 Å². The third-order valence-electron chi connectivity index (χ3n) is 3.31. The first kappa shape index (κ1) is 12.3. The fraction of sp³-hybridized carbons (Fsp3) is 0.188. The van der Waals surface area contributed by atoms with Crippen molar-refractivity contribution >= 4 is 22.8 Å². The Morgan fingerprint density at radius 2 is 1.89 bits per heavy atom. The maximum Gasteiger partial charge on any atom is 0.166 e. The lowest BCUT2D eigenvalue weighted by Crippen LogP contribution is -1.86. The highest BCUT2D eigenvalue weighted by atomic mass is 32.2. The largest absolute Gasteiger partial charge is 0.333 e. The van der Waals surface area contributed by atoms with Crippen LogP contribution in [-0.4, -0.2) is 9.97 Å². The van der Waals surface area contributed by atoms with Crippen LogP contribution in [-0.2, 0) is 5.75 Å². The van der Waals surface area contributed by atoms with Gasteiger partial charge in [0.2, 0.25) is 0 Å². The third-order valence-corrected chi connectivity index (χ3v) is 4.26. The van der Waals surface area contributed by atoms with Gasteiger partial charge in [0, 0.05) is 5.75 Å². The Balaban J connectivity index is 1.76. The summed E-state index contributed by atoms with van der Waals surface area (Å²) in [6, 6.07) is 14.8. The second-order valence-corrected chi connectivity index (χ2v) is 5.73. The molecule has 0 radical (unpaired) electrons. The van der Waals surface area contributed by atoms with Gasteiger partial charge in [0.05, 0.1) is 11.0 Å². The van der Waals surface area contributed by atoms with Crippen LogP contribution in [0.1, 0.15) is 16.7 Å². The van der Waals surface area contributed by atoms with Gasteiger partial charge in [0.1, 0.15) is 0 Å². The number of nitrogens with zero attached hydrogens (tertiary/aromatic N) is 1. The van der Waals surface area contributed by atoms with Gasteiger partial charge in [-0.25, -0.2) is 4.98 Å². The first-order valence-electron chi connectivity index (χ1n) is 6.36. The van der Waals surface area contributed by atoms with E-state index in [2.05, 4.69) is 48.1 Å². The summed E-state index contributed by atoms with van der Waals surface area (Å²) in [6.45, 7) is 4.30. The number of imidazole rings is 1. The normalized spacial score (nSPS) is 11.1. The fourth-order valence-corrected chi connectivity index (χ4v) is 2.87. The summed E-state index contributed by atoms with van der Waals surface area (Å²) in [4.78, 5) is 7.92. The molecule has 0 atom stereocenters. The van der Waals surface area contributed by atoms with Gasteiger partial charge in [-0.15, -0.1) is 0 Å². The monoisotopic (exact) mass is 268 g/mol. The molecule has 1 N–H and O–H groups in total. The number of aromatic nitrogens is 2. The Morgan fingerprint density at radius 3 is 2.68 bits per heavy atom. The molecule has 0 aliphatic heterocycles. The van der Waals surface area contributed by atoms with Crippen LogP contribution in [0.15, 0.2) is 47.6 Å². The van der Waals surface area contributed by atoms with Gasteiger partial charge >= 0.3 is 0 Å². The smallest absolute Gasteiger partial charge is 0.166 e. The number of fused-ring (bicyclic) bond motifs is 1. The number of aromatic amines is 1. The lowest BCUT2D eigenvalue weighted by molar-refractivity contribution is 1.08. The number of H-pyrrole nitrogens is 1. The molecule has 2 nitrogen and oxygen atoms in total. The molecule has 0 unspecified atom stereocenters. The molecule has 0 amide bonds. The number of hydrogen-bond acceptors (Lipinski definition) is 2. The minimum absolute atomic E-state index is 0.945. The van der Waals surface area contributed by atoms with Crippen molar-refractivity contribution in [1.29, 1.82) is 0 Å². The highest BCUT2D eigenvalue weighted by Gasteiger charge is 2.03. The van der Waals surface area contributed by atoms with E-state index in [0.717, 1.165) is 21.9 Å². The molecule has 0 aliphatic carbocycles. The van der Waals surface area contributed by atoms with Gasteiger partial charge in [-0.2, -0.15) is 0 Å². The van der Waals surface area contributed by atoms with E-state index in [0.29, 0.717) is 0 Å². The van der Waals surface area contributed by atoms with E-state index in [4.69, 9.17) is 0 Å². The molecule has 2 aromatic carbocycles. The van der Waals surface area contributed by atoms with Gasteiger partial charge in [0.15, 0.2) is 5.16 Å². The summed E-state index contributed by atoms with van der Waals surface area (Å²) in [5.74, 6) is 0.945. The van der Waals surface area contributed by atoms with Crippen molar-refractivity contribution in [3.8, 4) is 0 Å². The lowest BCUT2D eigenvalue weighted by atomic mass is 10.1. The summed E-state index contributed by atoms with van der Waals surface area (Å²) in [5, 5.41) is 0.986. The number of aryl methyl sites for hydroxylation is 2. The van der Waals surface area contributed by atoms with Crippen LogP contribution in [0, 0.1) is 13.8 Å². The maximum atomic E-state index is 4.58. The molecular formula is C16H16N2S. The van der Waals surface area contributed by atoms with E-state index in [1.165, 1.54) is 16.7 Å². The second kappa shape index (κ2) is 5.10. The predicted octanol–water partition coefficient (Wildman–Crippen LogP) is 4.47. The summed E-state index contributed by atoms with van der Waals surface area (Å²) in [5.41, 5.74) is 6.17. The van der Waals surface area contributed by atoms with E-state index in [9.17, 15) is 0 Å². The van der Waals surface area contributed by atoms with Crippen molar-refractivity contribution in [2.75, 3.05) is 0 Å². The number of benzene rings is 2. The summed E-state index contributed by atoms with van der Waals surface area (Å²) >= 11 is 1.75. The number of rotatable bonds is 3. The highest BCUT2D eigenvalue weighted by Crippen LogP contribution is 2.23. The highest BCUT2D eigenvalue weighted by molar-refractivity contribution is 7.98. The average Bonchev–Trinajstić information content (AvgIpc) is 2.83. The zero-order chi connectivity index (χ0) is 13.2. The number of thioether (sulfide) groups is 1. The van der Waals surface area contributed by atoms with Crippen LogP contribution in [0.5, 0.6) is 0 Å². The minimum Gasteiger partial charge on any atom is -0.333 e. The Bertz CT molecular complexity index is 683. The standard InChI is InChI=1S/C16H16N2S/c1-11-7-8-13(9-12(11)2)10-19-16-17-14-5-3-4-6-15(14)18-16/h3-9H,10H2,1-2H3,(H,17,18). The first-order valence-corrected chi connectivity index (χ1v) is 7.34. The number of hydrogen-bond donors (Lipinski definition) is 1. The molecule has 0 fully saturated rings. The third kappa shape index (κ3) is 2.66. The number of para-hydroxylation sites is 2. The summed E-state index contributed by atoms with van der Waals surface area (Å²) in [6.07, 6.45) is 0. The molecule has 1 heterocycles. The van der Waals surface area contributed by atoms with Gasteiger partial charge in [-0.3, -0.25) is 0 Å². The molecule has 0 bridgehead atoms. The van der Waals surface area contributed by atoms with Crippen LogP contribution in [0.3, 0.4) is 0 Å². The summed E-state index contributed by atoms with van der Waals surface area (Å²) in [7, 11) is 0. The van der Waals surface area contributed by atoms with Crippen LogP contribution in [0.2, 0.25) is 0 Å². The summed E-state index contributed by atoms with van der Waals surface area (Å²) < 4.78 is 0. The van der Waals surface area contributed by atoms with Crippen molar-refractivity contribution in [1.82, 2.24) is 9.97 Å². The zero-order valence-electron chi connectivity index (χ0n) is 11.1.